The predicted molar refractivity (Wildman–Crippen MR) is 133 cm³/mol. The van der Waals surface area contributed by atoms with Crippen molar-refractivity contribution >= 4 is 58.0 Å². The molecule has 0 spiro atoms. The lowest BCUT2D eigenvalue weighted by Crippen LogP contribution is -2.51. The number of aliphatic imine (C=N–C) groups is 1. The van der Waals surface area contributed by atoms with Gasteiger partial charge in [-0.05, 0) is 38.1 Å². The molecule has 2 fully saturated rings. The van der Waals surface area contributed by atoms with Crippen LogP contribution in [0.4, 0.5) is 9.52 Å². The van der Waals surface area contributed by atoms with E-state index in [-0.39, 0.29) is 35.8 Å². The molecule has 0 radical (unpaired) electrons. The molecule has 2 aliphatic rings. The lowest BCUT2D eigenvalue weighted by molar-refractivity contribution is 0.245. The standard InChI is InChI=1S/C20H26ClFN6S.HI/c21-15-4-3-5-16(22)18(15)17(26-7-1-2-8-26)14-25-19(23)27-9-11-28(12-10-27)20-24-6-13-29-20;/h3-6,13,17H,1-2,7-12,14H2,(H2,23,25);1H. The van der Waals surface area contributed by atoms with Crippen molar-refractivity contribution in [2.24, 2.45) is 10.7 Å². The predicted octanol–water partition coefficient (Wildman–Crippen LogP) is 3.83. The number of guanidine groups is 1. The third kappa shape index (κ3) is 5.35. The molecule has 30 heavy (non-hydrogen) atoms. The minimum atomic E-state index is -0.278. The highest BCUT2D eigenvalue weighted by Crippen LogP contribution is 2.32. The fourth-order valence-electron chi connectivity index (χ4n) is 4.05. The largest absolute Gasteiger partial charge is 0.370 e. The van der Waals surface area contributed by atoms with Crippen LogP contribution in [0.25, 0.3) is 0 Å². The van der Waals surface area contributed by atoms with E-state index in [9.17, 15) is 4.39 Å². The number of thiazole rings is 1. The Bertz CT molecular complexity index is 818. The zero-order chi connectivity index (χ0) is 20.2. The molecule has 0 amide bonds. The first-order chi connectivity index (χ1) is 14.1. The maximum atomic E-state index is 14.6. The van der Waals surface area contributed by atoms with Crippen LogP contribution >= 0.6 is 46.9 Å². The van der Waals surface area contributed by atoms with Crippen LogP contribution in [0.1, 0.15) is 24.4 Å². The van der Waals surface area contributed by atoms with E-state index < -0.39 is 0 Å². The summed E-state index contributed by atoms with van der Waals surface area (Å²) < 4.78 is 14.6. The molecule has 2 N–H and O–H groups in total. The van der Waals surface area contributed by atoms with E-state index in [1.54, 1.807) is 23.5 Å². The molecule has 0 aliphatic carbocycles. The zero-order valence-corrected chi connectivity index (χ0v) is 20.6. The van der Waals surface area contributed by atoms with E-state index in [0.29, 0.717) is 23.1 Å². The Hall–Kier alpha value is -1.17. The number of hydrogen-bond acceptors (Lipinski definition) is 5. The summed E-state index contributed by atoms with van der Waals surface area (Å²) in [7, 11) is 0. The molecule has 0 saturated carbocycles. The normalized spacial score (nSPS) is 19.1. The third-order valence-corrected chi connectivity index (χ3v) is 6.80. The third-order valence-electron chi connectivity index (χ3n) is 5.63. The summed E-state index contributed by atoms with van der Waals surface area (Å²) in [6, 6.07) is 4.66. The minimum absolute atomic E-state index is 0. The topological polar surface area (TPSA) is 61.0 Å². The van der Waals surface area contributed by atoms with Gasteiger partial charge in [0, 0.05) is 48.3 Å². The van der Waals surface area contributed by atoms with Gasteiger partial charge in [-0.1, -0.05) is 17.7 Å². The number of nitrogens with zero attached hydrogens (tertiary/aromatic N) is 5. The fourth-order valence-corrected chi connectivity index (χ4v) is 5.04. The van der Waals surface area contributed by atoms with Crippen molar-refractivity contribution in [3.63, 3.8) is 0 Å². The van der Waals surface area contributed by atoms with Crippen molar-refractivity contribution in [2.45, 2.75) is 18.9 Å². The SMILES string of the molecule is I.NC(=NCC(c1c(F)cccc1Cl)N1CCCC1)N1CCN(c2nccs2)CC1. The van der Waals surface area contributed by atoms with Crippen molar-refractivity contribution in [3.8, 4) is 0 Å². The quantitative estimate of drug-likeness (QED) is 0.340. The van der Waals surface area contributed by atoms with Crippen LogP contribution in [0.15, 0.2) is 34.8 Å². The monoisotopic (exact) mass is 564 g/mol. The molecule has 4 rings (SSSR count). The molecule has 164 valence electrons. The van der Waals surface area contributed by atoms with Crippen LogP contribution in [0.2, 0.25) is 5.02 Å². The Labute approximate surface area is 202 Å². The second-order valence-electron chi connectivity index (χ2n) is 7.38. The molecule has 2 aromatic rings. The van der Waals surface area contributed by atoms with Crippen LogP contribution in [0, 0.1) is 5.82 Å². The second kappa shape index (κ2) is 10.9. The van der Waals surface area contributed by atoms with E-state index in [0.717, 1.165) is 57.2 Å². The van der Waals surface area contributed by atoms with Crippen molar-refractivity contribution in [2.75, 3.05) is 50.7 Å². The lowest BCUT2D eigenvalue weighted by atomic mass is 10.0. The molecule has 2 aliphatic heterocycles. The first kappa shape index (κ1) is 23.5. The van der Waals surface area contributed by atoms with Crippen LogP contribution in [-0.4, -0.2) is 66.6 Å². The van der Waals surface area contributed by atoms with Gasteiger partial charge >= 0.3 is 0 Å². The highest BCUT2D eigenvalue weighted by molar-refractivity contribution is 14.0. The molecule has 2 saturated heterocycles. The van der Waals surface area contributed by atoms with Gasteiger partial charge in [-0.15, -0.1) is 35.3 Å². The number of aromatic nitrogens is 1. The number of rotatable bonds is 5. The number of anilines is 1. The van der Waals surface area contributed by atoms with E-state index in [1.165, 1.54) is 6.07 Å². The molecule has 1 atom stereocenters. The summed E-state index contributed by atoms with van der Waals surface area (Å²) in [4.78, 5) is 15.7. The van der Waals surface area contributed by atoms with Crippen molar-refractivity contribution in [1.29, 1.82) is 0 Å². The van der Waals surface area contributed by atoms with Gasteiger partial charge in [0.05, 0.1) is 12.6 Å². The van der Waals surface area contributed by atoms with Crippen LogP contribution in [-0.2, 0) is 0 Å². The summed E-state index contributed by atoms with van der Waals surface area (Å²) in [6.45, 7) is 5.57. The molecule has 1 aromatic heterocycles. The zero-order valence-electron chi connectivity index (χ0n) is 16.7. The number of nitrogens with two attached hydrogens (primary N) is 1. The highest BCUT2D eigenvalue weighted by atomic mass is 127. The number of halogens is 3. The number of likely N-dealkylation sites (tertiary alicyclic amines) is 1. The summed E-state index contributed by atoms with van der Waals surface area (Å²) >= 11 is 8.01. The Morgan fingerprint density at radius 1 is 1.20 bits per heavy atom. The molecule has 6 nitrogen and oxygen atoms in total. The summed E-state index contributed by atoms with van der Waals surface area (Å²) in [6.07, 6.45) is 4.05. The Kier molecular flexibility index (Phi) is 8.55. The van der Waals surface area contributed by atoms with Gasteiger partial charge in [0.15, 0.2) is 11.1 Å². The molecule has 3 heterocycles. The number of piperazine rings is 1. The molecular formula is C20H27ClFIN6S. The van der Waals surface area contributed by atoms with Crippen LogP contribution in [0.3, 0.4) is 0 Å². The van der Waals surface area contributed by atoms with Gasteiger partial charge in [0.2, 0.25) is 0 Å². The van der Waals surface area contributed by atoms with Crippen molar-refractivity contribution in [3.05, 3.63) is 46.2 Å². The van der Waals surface area contributed by atoms with Gasteiger partial charge in [0.1, 0.15) is 5.82 Å². The molecular weight excluding hydrogens is 538 g/mol. The van der Waals surface area contributed by atoms with Crippen LogP contribution in [0.5, 0.6) is 0 Å². The molecule has 0 bridgehead atoms. The fraction of sp³-hybridized carbons (Fsp3) is 0.500. The number of benzene rings is 1. The van der Waals surface area contributed by atoms with E-state index in [1.807, 2.05) is 11.6 Å². The van der Waals surface area contributed by atoms with Gasteiger partial charge in [-0.3, -0.25) is 9.89 Å². The number of hydrogen-bond donors (Lipinski definition) is 1. The molecule has 1 unspecified atom stereocenters. The summed E-state index contributed by atoms with van der Waals surface area (Å²) in [5, 5.41) is 3.49. The lowest BCUT2D eigenvalue weighted by Gasteiger charge is -2.35. The van der Waals surface area contributed by atoms with Crippen molar-refractivity contribution in [1.82, 2.24) is 14.8 Å². The minimum Gasteiger partial charge on any atom is -0.370 e. The average Bonchev–Trinajstić information content (AvgIpc) is 3.44. The summed E-state index contributed by atoms with van der Waals surface area (Å²) in [5.41, 5.74) is 6.84. The van der Waals surface area contributed by atoms with Crippen molar-refractivity contribution < 1.29 is 4.39 Å². The first-order valence-corrected chi connectivity index (χ1v) is 11.3. The molecule has 10 heteroatoms. The Morgan fingerprint density at radius 3 is 2.57 bits per heavy atom. The van der Waals surface area contributed by atoms with Gasteiger partial charge in [-0.2, -0.15) is 0 Å². The van der Waals surface area contributed by atoms with Gasteiger partial charge in [-0.25, -0.2) is 9.37 Å². The maximum Gasteiger partial charge on any atom is 0.191 e. The second-order valence-corrected chi connectivity index (χ2v) is 8.66. The van der Waals surface area contributed by atoms with E-state index in [2.05, 4.69) is 24.7 Å². The van der Waals surface area contributed by atoms with E-state index in [4.69, 9.17) is 17.3 Å². The average molecular weight is 565 g/mol. The maximum absolute atomic E-state index is 14.6. The van der Waals surface area contributed by atoms with Gasteiger partial charge in [0.25, 0.3) is 0 Å². The smallest absolute Gasteiger partial charge is 0.191 e. The van der Waals surface area contributed by atoms with E-state index >= 15 is 0 Å². The Balaban J connectivity index is 0.00000256. The highest BCUT2D eigenvalue weighted by Gasteiger charge is 2.28. The van der Waals surface area contributed by atoms with Gasteiger partial charge < -0.3 is 15.5 Å². The Morgan fingerprint density at radius 2 is 1.93 bits per heavy atom. The first-order valence-electron chi connectivity index (χ1n) is 10.0. The summed E-state index contributed by atoms with van der Waals surface area (Å²) in [5.74, 6) is 0.237. The molecule has 1 aromatic carbocycles. The van der Waals surface area contributed by atoms with Crippen LogP contribution < -0.4 is 10.6 Å².